The van der Waals surface area contributed by atoms with E-state index in [1.54, 1.807) is 6.07 Å². The van der Waals surface area contributed by atoms with E-state index in [0.29, 0.717) is 23.5 Å². The number of likely N-dealkylation sites (tertiary alicyclic amines) is 1. The van der Waals surface area contributed by atoms with Crippen LogP contribution in [0.15, 0.2) is 12.1 Å². The first-order chi connectivity index (χ1) is 10.0. The van der Waals surface area contributed by atoms with Gasteiger partial charge in [-0.2, -0.15) is 0 Å². The van der Waals surface area contributed by atoms with E-state index in [0.717, 1.165) is 25.9 Å². The van der Waals surface area contributed by atoms with Crippen molar-refractivity contribution >= 4 is 5.69 Å². The van der Waals surface area contributed by atoms with Crippen LogP contribution in [0.3, 0.4) is 0 Å². The van der Waals surface area contributed by atoms with Gasteiger partial charge in [-0.25, -0.2) is 4.39 Å². The summed E-state index contributed by atoms with van der Waals surface area (Å²) in [4.78, 5) is 2.09. The number of benzene rings is 1. The number of aliphatic hydroxyl groups excluding tert-OH is 2. The zero-order chi connectivity index (χ0) is 15.4. The third-order valence-electron chi connectivity index (χ3n) is 4.06. The molecular weight excluding hydrogens is 275 g/mol. The molecule has 1 aliphatic heterocycles. The molecule has 1 aliphatic rings. The Morgan fingerprint density at radius 2 is 2.10 bits per heavy atom. The third kappa shape index (κ3) is 3.84. The number of anilines is 1. The summed E-state index contributed by atoms with van der Waals surface area (Å²) in [5.74, 6) is 0.341. The summed E-state index contributed by atoms with van der Waals surface area (Å²) >= 11 is 0. The number of nitrogens with two attached hydrogens (primary N) is 1. The van der Waals surface area contributed by atoms with E-state index in [9.17, 15) is 9.50 Å². The van der Waals surface area contributed by atoms with Crippen molar-refractivity contribution < 1.29 is 19.3 Å². The van der Waals surface area contributed by atoms with Crippen LogP contribution in [0, 0.1) is 5.82 Å². The maximum absolute atomic E-state index is 14.1. The van der Waals surface area contributed by atoms with Crippen LogP contribution >= 0.6 is 0 Å². The first-order valence-electron chi connectivity index (χ1n) is 7.19. The van der Waals surface area contributed by atoms with Gasteiger partial charge in [0.1, 0.15) is 11.6 Å². The molecule has 0 saturated carbocycles. The minimum absolute atomic E-state index is 0.127. The Hall–Kier alpha value is -1.37. The summed E-state index contributed by atoms with van der Waals surface area (Å²) in [7, 11) is 1.52. The Morgan fingerprint density at radius 3 is 2.67 bits per heavy atom. The molecule has 1 atom stereocenters. The molecule has 4 N–H and O–H groups in total. The van der Waals surface area contributed by atoms with Crippen molar-refractivity contribution in [3.63, 3.8) is 0 Å². The fourth-order valence-corrected chi connectivity index (χ4v) is 2.86. The highest BCUT2D eigenvalue weighted by molar-refractivity contribution is 5.55. The molecule has 0 amide bonds. The summed E-state index contributed by atoms with van der Waals surface area (Å²) in [5, 5.41) is 18.3. The monoisotopic (exact) mass is 298 g/mol. The van der Waals surface area contributed by atoms with Crippen molar-refractivity contribution in [2.75, 3.05) is 39.1 Å². The van der Waals surface area contributed by atoms with E-state index in [4.69, 9.17) is 15.6 Å². The van der Waals surface area contributed by atoms with Crippen LogP contribution in [0.2, 0.25) is 0 Å². The Labute approximate surface area is 124 Å². The predicted molar refractivity (Wildman–Crippen MR) is 78.9 cm³/mol. The molecule has 5 nitrogen and oxygen atoms in total. The van der Waals surface area contributed by atoms with Crippen LogP contribution in [0.4, 0.5) is 10.1 Å². The standard InChI is InChI=1S/C15H23FN2O3/c1-21-15-6-12(13(16)7-14(15)17)10-2-4-18(5-3-10)8-11(20)9-19/h6-7,10-11,19-20H,2-5,8-9,17H2,1H3/t11-/m1/s1. The molecule has 1 aromatic carbocycles. The number of nitrogen functional groups attached to an aromatic ring is 1. The molecule has 118 valence electrons. The summed E-state index contributed by atoms with van der Waals surface area (Å²) in [5.41, 5.74) is 6.65. The van der Waals surface area contributed by atoms with E-state index in [-0.39, 0.29) is 18.3 Å². The maximum atomic E-state index is 14.1. The van der Waals surface area contributed by atoms with Gasteiger partial charge in [-0.3, -0.25) is 0 Å². The fourth-order valence-electron chi connectivity index (χ4n) is 2.86. The summed E-state index contributed by atoms with van der Waals surface area (Å²) in [6.45, 7) is 1.77. The number of rotatable bonds is 5. The van der Waals surface area contributed by atoms with Gasteiger partial charge in [0, 0.05) is 12.6 Å². The van der Waals surface area contributed by atoms with Crippen LogP contribution in [0.25, 0.3) is 0 Å². The van der Waals surface area contributed by atoms with Crippen LogP contribution in [0.5, 0.6) is 5.75 Å². The SMILES string of the molecule is COc1cc(C2CCN(C[C@@H](O)CO)CC2)c(F)cc1N. The number of halogens is 1. The molecule has 0 aliphatic carbocycles. The number of nitrogens with zero attached hydrogens (tertiary/aromatic N) is 1. The van der Waals surface area contributed by atoms with Crippen molar-refractivity contribution in [2.24, 2.45) is 0 Å². The average Bonchev–Trinajstić information content (AvgIpc) is 2.48. The zero-order valence-corrected chi connectivity index (χ0v) is 12.3. The molecule has 2 rings (SSSR count). The van der Waals surface area contributed by atoms with Gasteiger partial charge in [0.15, 0.2) is 0 Å². The van der Waals surface area contributed by atoms with Crippen LogP contribution < -0.4 is 10.5 Å². The van der Waals surface area contributed by atoms with Crippen molar-refractivity contribution in [3.8, 4) is 5.75 Å². The number of β-amino-alcohol motifs (C(OH)–C–C–N with tert-alkyl or cyclic N) is 1. The predicted octanol–water partition coefficient (Wildman–Crippen LogP) is 0.949. The molecule has 0 bridgehead atoms. The van der Waals surface area contributed by atoms with Gasteiger partial charge in [0.25, 0.3) is 0 Å². The first-order valence-corrected chi connectivity index (χ1v) is 7.19. The molecule has 0 radical (unpaired) electrons. The molecule has 0 aromatic heterocycles. The molecule has 1 fully saturated rings. The van der Waals surface area contributed by atoms with Gasteiger partial charge < -0.3 is 25.6 Å². The summed E-state index contributed by atoms with van der Waals surface area (Å²) in [6, 6.07) is 3.00. The van der Waals surface area contributed by atoms with Crippen LogP contribution in [-0.4, -0.2) is 54.6 Å². The largest absolute Gasteiger partial charge is 0.495 e. The lowest BCUT2D eigenvalue weighted by Crippen LogP contribution is -2.39. The van der Waals surface area contributed by atoms with Crippen LogP contribution in [-0.2, 0) is 0 Å². The van der Waals surface area contributed by atoms with Gasteiger partial charge in [-0.05, 0) is 43.5 Å². The highest BCUT2D eigenvalue weighted by Gasteiger charge is 2.25. The van der Waals surface area contributed by atoms with E-state index in [1.165, 1.54) is 13.2 Å². The Balaban J connectivity index is 2.02. The Morgan fingerprint density at radius 1 is 1.43 bits per heavy atom. The lowest BCUT2D eigenvalue weighted by atomic mass is 9.88. The fraction of sp³-hybridized carbons (Fsp3) is 0.600. The number of hydrogen-bond acceptors (Lipinski definition) is 5. The van der Waals surface area contributed by atoms with Crippen LogP contribution in [0.1, 0.15) is 24.3 Å². The average molecular weight is 298 g/mol. The molecule has 1 heterocycles. The highest BCUT2D eigenvalue weighted by atomic mass is 19.1. The molecule has 1 aromatic rings. The molecule has 21 heavy (non-hydrogen) atoms. The van der Waals surface area contributed by atoms with E-state index < -0.39 is 6.10 Å². The molecule has 0 unspecified atom stereocenters. The van der Waals surface area contributed by atoms with E-state index in [2.05, 4.69) is 4.90 Å². The smallest absolute Gasteiger partial charge is 0.142 e. The lowest BCUT2D eigenvalue weighted by Gasteiger charge is -2.33. The second-order valence-corrected chi connectivity index (χ2v) is 5.53. The zero-order valence-electron chi connectivity index (χ0n) is 12.3. The topological polar surface area (TPSA) is 79.0 Å². The number of aliphatic hydroxyl groups is 2. The second-order valence-electron chi connectivity index (χ2n) is 5.53. The molecule has 6 heteroatoms. The lowest BCUT2D eigenvalue weighted by molar-refractivity contribution is 0.0511. The van der Waals surface area contributed by atoms with Gasteiger partial charge in [0.2, 0.25) is 0 Å². The third-order valence-corrected chi connectivity index (χ3v) is 4.06. The molecule has 1 saturated heterocycles. The minimum atomic E-state index is -0.713. The summed E-state index contributed by atoms with van der Waals surface area (Å²) in [6.07, 6.45) is 0.902. The molecular formula is C15H23FN2O3. The quantitative estimate of drug-likeness (QED) is 0.705. The van der Waals surface area contributed by atoms with Crippen molar-refractivity contribution in [1.29, 1.82) is 0 Å². The summed E-state index contributed by atoms with van der Waals surface area (Å²) < 4.78 is 19.2. The van der Waals surface area contributed by atoms with Crippen molar-refractivity contribution in [2.45, 2.75) is 24.9 Å². The minimum Gasteiger partial charge on any atom is -0.495 e. The second kappa shape index (κ2) is 7.06. The first kappa shape index (κ1) is 16.0. The Kier molecular flexibility index (Phi) is 5.39. The van der Waals surface area contributed by atoms with Gasteiger partial charge in [-0.15, -0.1) is 0 Å². The highest BCUT2D eigenvalue weighted by Crippen LogP contribution is 2.34. The number of hydrogen-bond donors (Lipinski definition) is 3. The number of piperidine rings is 1. The molecule has 0 spiro atoms. The number of ether oxygens (including phenoxy) is 1. The van der Waals surface area contributed by atoms with E-state index in [1.807, 2.05) is 0 Å². The van der Waals surface area contributed by atoms with Gasteiger partial charge >= 0.3 is 0 Å². The number of methoxy groups -OCH3 is 1. The van der Waals surface area contributed by atoms with Crippen molar-refractivity contribution in [3.05, 3.63) is 23.5 Å². The van der Waals surface area contributed by atoms with Crippen molar-refractivity contribution in [1.82, 2.24) is 4.90 Å². The maximum Gasteiger partial charge on any atom is 0.142 e. The Bertz CT molecular complexity index is 476. The van der Waals surface area contributed by atoms with Gasteiger partial charge in [0.05, 0.1) is 25.5 Å². The van der Waals surface area contributed by atoms with Gasteiger partial charge in [-0.1, -0.05) is 0 Å². The van der Waals surface area contributed by atoms with E-state index >= 15 is 0 Å². The normalized spacial score (nSPS) is 18.7.